The van der Waals surface area contributed by atoms with Gasteiger partial charge in [-0.1, -0.05) is 6.07 Å². The normalized spacial score (nSPS) is 30.8. The zero-order valence-electron chi connectivity index (χ0n) is 14.8. The Hall–Kier alpha value is -2.81. The summed E-state index contributed by atoms with van der Waals surface area (Å²) in [4.78, 5) is 38.0. The molecule has 2 N–H and O–H groups in total. The molecule has 0 aromatic carbocycles. The molecule has 2 aromatic rings. The topological polar surface area (TPSA) is 107 Å². The summed E-state index contributed by atoms with van der Waals surface area (Å²) in [6, 6.07) is 5.83. The van der Waals surface area contributed by atoms with E-state index < -0.39 is 0 Å². The summed E-state index contributed by atoms with van der Waals surface area (Å²) in [6.45, 7) is 1.26. The van der Waals surface area contributed by atoms with Crippen molar-refractivity contribution in [2.75, 3.05) is 22.9 Å². The number of nitrogens with one attached hydrogen (secondary N) is 2. The first kappa shape index (κ1) is 16.4. The average Bonchev–Trinajstić information content (AvgIpc) is 3.23. The van der Waals surface area contributed by atoms with Gasteiger partial charge in [0, 0.05) is 31.4 Å². The van der Waals surface area contributed by atoms with Crippen molar-refractivity contribution >= 4 is 23.6 Å². The van der Waals surface area contributed by atoms with Crippen LogP contribution in [0.5, 0.6) is 0 Å². The Bertz CT molecular complexity index is 841. The molecule has 3 aliphatic heterocycles. The second-order valence-electron chi connectivity index (χ2n) is 7.38. The zero-order valence-corrected chi connectivity index (χ0v) is 14.8. The van der Waals surface area contributed by atoms with Gasteiger partial charge in [0.25, 0.3) is 0 Å². The van der Waals surface area contributed by atoms with E-state index in [2.05, 4.69) is 25.5 Å². The number of carbonyl (C=O) groups is 2. The number of piperidine rings is 3. The fourth-order valence-electron chi connectivity index (χ4n) is 4.66. The summed E-state index contributed by atoms with van der Waals surface area (Å²) in [5.41, 5.74) is 0. The van der Waals surface area contributed by atoms with Crippen molar-refractivity contribution in [1.29, 1.82) is 0 Å². The molecule has 9 heteroatoms. The van der Waals surface area contributed by atoms with Crippen LogP contribution in [0.3, 0.4) is 0 Å². The Morgan fingerprint density at radius 3 is 2.37 bits per heavy atom. The number of nitrogens with zero attached hydrogens (tertiary/aromatic N) is 5. The van der Waals surface area contributed by atoms with E-state index in [1.807, 2.05) is 18.2 Å². The molecular formula is C18H21N7O2. The first-order chi connectivity index (χ1) is 13.2. The molecule has 9 nitrogen and oxygen atoms in total. The molecule has 5 heterocycles. The third kappa shape index (κ3) is 2.69. The number of rotatable bonds is 2. The minimum absolute atomic E-state index is 0.0108. The number of amides is 2. The lowest BCUT2D eigenvalue weighted by atomic mass is 9.73. The molecule has 4 atom stereocenters. The predicted octanol–water partition coefficient (Wildman–Crippen LogP) is 0.336. The van der Waals surface area contributed by atoms with Crippen LogP contribution in [0.4, 0.5) is 11.8 Å². The van der Waals surface area contributed by atoms with Gasteiger partial charge >= 0.3 is 0 Å². The van der Waals surface area contributed by atoms with Crippen molar-refractivity contribution < 1.29 is 9.59 Å². The largest absolute Gasteiger partial charge is 0.310 e. The van der Waals surface area contributed by atoms with Gasteiger partial charge in [0.05, 0.1) is 11.8 Å². The van der Waals surface area contributed by atoms with E-state index in [1.54, 1.807) is 16.0 Å². The van der Waals surface area contributed by atoms with Crippen LogP contribution in [-0.2, 0) is 9.59 Å². The Morgan fingerprint density at radius 1 is 0.963 bits per heavy atom. The van der Waals surface area contributed by atoms with Crippen molar-refractivity contribution in [3.63, 3.8) is 0 Å². The Kier molecular flexibility index (Phi) is 3.89. The lowest BCUT2D eigenvalue weighted by Gasteiger charge is -2.48. The quantitative estimate of drug-likeness (QED) is 0.792. The van der Waals surface area contributed by atoms with E-state index in [1.165, 1.54) is 6.33 Å². The number of fused-ring (bicyclic) bond motifs is 2. The highest BCUT2D eigenvalue weighted by Crippen LogP contribution is 2.37. The predicted molar refractivity (Wildman–Crippen MR) is 96.9 cm³/mol. The monoisotopic (exact) mass is 367 g/mol. The summed E-state index contributed by atoms with van der Waals surface area (Å²) in [5.74, 6) is 0.794. The fourth-order valence-corrected chi connectivity index (χ4v) is 4.66. The van der Waals surface area contributed by atoms with Gasteiger partial charge in [-0.05, 0) is 31.4 Å². The molecule has 0 saturated carbocycles. The van der Waals surface area contributed by atoms with Gasteiger partial charge < -0.3 is 5.32 Å². The van der Waals surface area contributed by atoms with E-state index in [9.17, 15) is 9.59 Å². The number of hydrogen-bond donors (Lipinski definition) is 2. The van der Waals surface area contributed by atoms with Crippen LogP contribution in [0.15, 0.2) is 30.7 Å². The number of aromatic nitrogens is 4. The standard InChI is InChI=1S/C18H21N7O2/c26-16-11-9-12-14(5-8-25(17(12)27)18-20-10-21-23-18)22-13(11)4-7-24(16)15-3-1-2-6-19-15/h1-3,6,10-14,22H,4-5,7-9H2,(H,20,21,23). The van der Waals surface area contributed by atoms with Crippen LogP contribution in [0.25, 0.3) is 0 Å². The van der Waals surface area contributed by atoms with Gasteiger partial charge in [0.2, 0.25) is 17.8 Å². The molecule has 5 rings (SSSR count). The molecule has 3 fully saturated rings. The molecular weight excluding hydrogens is 346 g/mol. The highest BCUT2D eigenvalue weighted by molar-refractivity contribution is 5.98. The van der Waals surface area contributed by atoms with E-state index in [4.69, 9.17) is 0 Å². The summed E-state index contributed by atoms with van der Waals surface area (Å²) < 4.78 is 0. The highest BCUT2D eigenvalue weighted by Gasteiger charge is 2.49. The van der Waals surface area contributed by atoms with Gasteiger partial charge in [-0.15, -0.1) is 0 Å². The van der Waals surface area contributed by atoms with E-state index >= 15 is 0 Å². The van der Waals surface area contributed by atoms with Gasteiger partial charge in [-0.25, -0.2) is 10.1 Å². The van der Waals surface area contributed by atoms with Crippen LogP contribution < -0.4 is 15.1 Å². The first-order valence-electron chi connectivity index (χ1n) is 9.37. The molecule has 2 aromatic heterocycles. The number of anilines is 2. The molecule has 3 saturated heterocycles. The molecule has 0 spiro atoms. The molecule has 27 heavy (non-hydrogen) atoms. The van der Waals surface area contributed by atoms with E-state index in [0.29, 0.717) is 31.3 Å². The lowest BCUT2D eigenvalue weighted by Crippen LogP contribution is -2.65. The maximum absolute atomic E-state index is 13.1. The minimum atomic E-state index is -0.224. The van der Waals surface area contributed by atoms with Crippen molar-refractivity contribution in [3.05, 3.63) is 30.7 Å². The van der Waals surface area contributed by atoms with Crippen molar-refractivity contribution in [2.45, 2.75) is 31.3 Å². The minimum Gasteiger partial charge on any atom is -0.310 e. The second kappa shape index (κ2) is 6.41. The molecule has 4 unspecified atom stereocenters. The summed E-state index contributed by atoms with van der Waals surface area (Å²) in [6.07, 6.45) is 5.38. The van der Waals surface area contributed by atoms with E-state index in [-0.39, 0.29) is 35.7 Å². The maximum Gasteiger partial charge on any atom is 0.234 e. The Balaban J connectivity index is 1.37. The summed E-state index contributed by atoms with van der Waals surface area (Å²) in [5, 5.41) is 10.2. The van der Waals surface area contributed by atoms with Gasteiger partial charge in [0.15, 0.2) is 0 Å². The fraction of sp³-hybridized carbons (Fsp3) is 0.500. The SMILES string of the molecule is O=C1C2CC3C(=O)N(c4ncn[nH]4)CCC3NC2CCN1c1ccccn1. The Labute approximate surface area is 156 Å². The molecule has 2 amide bonds. The van der Waals surface area contributed by atoms with Crippen LogP contribution >= 0.6 is 0 Å². The number of aromatic amines is 1. The van der Waals surface area contributed by atoms with E-state index in [0.717, 1.165) is 12.8 Å². The third-order valence-corrected chi connectivity index (χ3v) is 5.99. The van der Waals surface area contributed by atoms with Gasteiger partial charge in [-0.3, -0.25) is 19.4 Å². The molecule has 0 aliphatic carbocycles. The second-order valence-corrected chi connectivity index (χ2v) is 7.38. The molecule has 140 valence electrons. The number of hydrogen-bond acceptors (Lipinski definition) is 6. The Morgan fingerprint density at radius 2 is 1.70 bits per heavy atom. The van der Waals surface area contributed by atoms with Crippen LogP contribution in [-0.4, -0.2) is 57.2 Å². The van der Waals surface area contributed by atoms with Crippen LogP contribution in [0, 0.1) is 11.8 Å². The molecule has 0 radical (unpaired) electrons. The van der Waals surface area contributed by atoms with Crippen LogP contribution in [0.2, 0.25) is 0 Å². The number of pyridine rings is 1. The molecule has 0 bridgehead atoms. The number of H-pyrrole nitrogens is 1. The van der Waals surface area contributed by atoms with Gasteiger partial charge in [-0.2, -0.15) is 10.1 Å². The average molecular weight is 367 g/mol. The summed E-state index contributed by atoms with van der Waals surface area (Å²) >= 11 is 0. The lowest BCUT2D eigenvalue weighted by molar-refractivity contribution is -0.132. The van der Waals surface area contributed by atoms with Gasteiger partial charge in [0.1, 0.15) is 12.1 Å². The molecule has 3 aliphatic rings. The highest BCUT2D eigenvalue weighted by atomic mass is 16.2. The van der Waals surface area contributed by atoms with Crippen molar-refractivity contribution in [1.82, 2.24) is 25.5 Å². The van der Waals surface area contributed by atoms with Crippen molar-refractivity contribution in [3.8, 4) is 0 Å². The number of carbonyl (C=O) groups excluding carboxylic acids is 2. The maximum atomic E-state index is 13.1. The summed E-state index contributed by atoms with van der Waals surface area (Å²) in [7, 11) is 0. The first-order valence-corrected chi connectivity index (χ1v) is 9.37. The van der Waals surface area contributed by atoms with Crippen LogP contribution in [0.1, 0.15) is 19.3 Å². The third-order valence-electron chi connectivity index (χ3n) is 5.99. The van der Waals surface area contributed by atoms with Crippen molar-refractivity contribution in [2.24, 2.45) is 11.8 Å². The zero-order chi connectivity index (χ0) is 18.4. The smallest absolute Gasteiger partial charge is 0.234 e.